The van der Waals surface area contributed by atoms with Gasteiger partial charge in [0.05, 0.1) is 11.9 Å². The van der Waals surface area contributed by atoms with Crippen LogP contribution in [-0.2, 0) is 13.1 Å². The molecule has 0 unspecified atom stereocenters. The van der Waals surface area contributed by atoms with Gasteiger partial charge in [-0.3, -0.25) is 4.68 Å². The fourth-order valence-electron chi connectivity index (χ4n) is 1.54. The normalized spacial score (nSPS) is 10.7. The largest absolute Gasteiger partial charge is 0.378 e. The summed E-state index contributed by atoms with van der Waals surface area (Å²) in [7, 11) is 0. The van der Waals surface area contributed by atoms with Crippen LogP contribution in [0, 0.1) is 17.5 Å². The number of anilines is 1. The van der Waals surface area contributed by atoms with Gasteiger partial charge >= 0.3 is 0 Å². The maximum Gasteiger partial charge on any atom is 0.194 e. The Labute approximate surface area is 102 Å². The molecule has 0 aliphatic heterocycles. The van der Waals surface area contributed by atoms with Crippen molar-refractivity contribution in [3.63, 3.8) is 0 Å². The number of hydrogen-bond acceptors (Lipinski definition) is 2. The number of benzene rings is 1. The Morgan fingerprint density at radius 1 is 1.22 bits per heavy atom. The van der Waals surface area contributed by atoms with Gasteiger partial charge in [-0.15, -0.1) is 0 Å². The molecule has 1 aromatic carbocycles. The molecule has 0 saturated heterocycles. The van der Waals surface area contributed by atoms with Gasteiger partial charge < -0.3 is 5.32 Å². The van der Waals surface area contributed by atoms with E-state index < -0.39 is 17.5 Å². The Morgan fingerprint density at radius 3 is 2.44 bits per heavy atom. The van der Waals surface area contributed by atoms with Crippen molar-refractivity contribution in [3.8, 4) is 0 Å². The zero-order valence-corrected chi connectivity index (χ0v) is 9.75. The molecule has 0 bridgehead atoms. The lowest BCUT2D eigenvalue weighted by molar-refractivity contribution is 0.445. The van der Waals surface area contributed by atoms with Crippen molar-refractivity contribution in [1.82, 2.24) is 9.78 Å². The number of nitrogens with one attached hydrogen (secondary N) is 1. The second-order valence-electron chi connectivity index (χ2n) is 3.81. The molecule has 18 heavy (non-hydrogen) atoms. The smallest absolute Gasteiger partial charge is 0.194 e. The first-order chi connectivity index (χ1) is 8.60. The maximum atomic E-state index is 13.0. The van der Waals surface area contributed by atoms with E-state index in [-0.39, 0.29) is 6.54 Å². The molecular formula is C12H12F3N3. The lowest BCUT2D eigenvalue weighted by Crippen LogP contribution is -2.02. The van der Waals surface area contributed by atoms with Crippen molar-refractivity contribution >= 4 is 5.69 Å². The molecule has 0 aliphatic carbocycles. The summed E-state index contributed by atoms with van der Waals surface area (Å²) in [5.41, 5.74) is 1.07. The summed E-state index contributed by atoms with van der Waals surface area (Å²) >= 11 is 0. The average Bonchev–Trinajstić information content (AvgIpc) is 2.81. The van der Waals surface area contributed by atoms with E-state index in [0.29, 0.717) is 5.56 Å². The van der Waals surface area contributed by atoms with Gasteiger partial charge in [-0.1, -0.05) is 0 Å². The third-order valence-corrected chi connectivity index (χ3v) is 2.50. The van der Waals surface area contributed by atoms with Crippen LogP contribution < -0.4 is 5.32 Å². The summed E-state index contributed by atoms with van der Waals surface area (Å²) in [6.07, 6.45) is 3.38. The molecule has 2 aromatic rings. The van der Waals surface area contributed by atoms with Gasteiger partial charge in [0.15, 0.2) is 17.5 Å². The minimum Gasteiger partial charge on any atom is -0.378 e. The second-order valence-corrected chi connectivity index (χ2v) is 3.81. The predicted octanol–water partition coefficient (Wildman–Crippen LogP) is 2.93. The van der Waals surface area contributed by atoms with E-state index in [1.807, 2.05) is 6.92 Å². The van der Waals surface area contributed by atoms with Gasteiger partial charge in [0, 0.05) is 19.3 Å². The topological polar surface area (TPSA) is 29.9 Å². The summed E-state index contributed by atoms with van der Waals surface area (Å²) in [5.74, 6) is -3.82. The Morgan fingerprint density at radius 2 is 1.89 bits per heavy atom. The number of aryl methyl sites for hydroxylation is 1. The number of halogens is 3. The summed E-state index contributed by atoms with van der Waals surface area (Å²) < 4.78 is 40.4. The van der Waals surface area contributed by atoms with Crippen LogP contribution in [0.15, 0.2) is 24.5 Å². The highest BCUT2D eigenvalue weighted by Crippen LogP contribution is 2.15. The van der Waals surface area contributed by atoms with Crippen LogP contribution >= 0.6 is 0 Å². The fourth-order valence-corrected chi connectivity index (χ4v) is 1.54. The highest BCUT2D eigenvalue weighted by Gasteiger charge is 2.10. The first kappa shape index (κ1) is 12.5. The number of hydrogen-bond donors (Lipinski definition) is 1. The highest BCUT2D eigenvalue weighted by atomic mass is 19.2. The first-order valence-electron chi connectivity index (χ1n) is 5.50. The lowest BCUT2D eigenvalue weighted by atomic mass is 10.2. The Kier molecular flexibility index (Phi) is 3.55. The number of rotatable bonds is 4. The summed E-state index contributed by atoms with van der Waals surface area (Å²) in [4.78, 5) is 0. The van der Waals surface area contributed by atoms with Crippen LogP contribution in [0.1, 0.15) is 12.5 Å². The van der Waals surface area contributed by atoms with E-state index in [4.69, 9.17) is 0 Å². The maximum absolute atomic E-state index is 13.0. The standard InChI is InChI=1S/C12H12F3N3/c1-2-18-7-9(6-17-18)16-5-8-3-10(13)12(15)11(14)4-8/h3-4,6-7,16H,2,5H2,1H3. The van der Waals surface area contributed by atoms with Crippen LogP contribution in [-0.4, -0.2) is 9.78 Å². The van der Waals surface area contributed by atoms with Crippen LogP contribution in [0.25, 0.3) is 0 Å². The molecule has 3 nitrogen and oxygen atoms in total. The van der Waals surface area contributed by atoms with E-state index in [9.17, 15) is 13.2 Å². The second kappa shape index (κ2) is 5.12. The first-order valence-corrected chi connectivity index (χ1v) is 5.50. The summed E-state index contributed by atoms with van der Waals surface area (Å²) in [6, 6.07) is 1.94. The van der Waals surface area contributed by atoms with Gasteiger partial charge in [-0.05, 0) is 24.6 Å². The number of aromatic nitrogens is 2. The highest BCUT2D eigenvalue weighted by molar-refractivity contribution is 5.39. The van der Waals surface area contributed by atoms with Crippen molar-refractivity contribution < 1.29 is 13.2 Å². The van der Waals surface area contributed by atoms with Crippen molar-refractivity contribution in [2.24, 2.45) is 0 Å². The Hall–Kier alpha value is -1.98. The summed E-state index contributed by atoms with van der Waals surface area (Å²) in [5, 5.41) is 6.99. The lowest BCUT2D eigenvalue weighted by Gasteiger charge is -2.05. The average molecular weight is 255 g/mol. The van der Waals surface area contributed by atoms with Gasteiger partial charge in [-0.2, -0.15) is 5.10 Å². The van der Waals surface area contributed by atoms with Gasteiger partial charge in [0.2, 0.25) is 0 Å². The van der Waals surface area contributed by atoms with Crippen LogP contribution in [0.5, 0.6) is 0 Å². The van der Waals surface area contributed by atoms with E-state index in [2.05, 4.69) is 10.4 Å². The molecule has 0 atom stereocenters. The van der Waals surface area contributed by atoms with Crippen molar-refractivity contribution in [3.05, 3.63) is 47.5 Å². The molecule has 1 aromatic heterocycles. The predicted molar refractivity (Wildman–Crippen MR) is 61.5 cm³/mol. The molecule has 0 amide bonds. The van der Waals surface area contributed by atoms with Gasteiger partial charge in [0.1, 0.15) is 0 Å². The molecule has 1 heterocycles. The Bertz CT molecular complexity index is 528. The van der Waals surface area contributed by atoms with Crippen LogP contribution in [0.3, 0.4) is 0 Å². The SMILES string of the molecule is CCn1cc(NCc2cc(F)c(F)c(F)c2)cn1. The fraction of sp³-hybridized carbons (Fsp3) is 0.250. The minimum absolute atomic E-state index is 0.198. The van der Waals surface area contributed by atoms with Gasteiger partial charge in [0.25, 0.3) is 0 Å². The van der Waals surface area contributed by atoms with Crippen molar-refractivity contribution in [1.29, 1.82) is 0 Å². The van der Waals surface area contributed by atoms with Crippen LogP contribution in [0.2, 0.25) is 0 Å². The Balaban J connectivity index is 2.06. The molecule has 2 rings (SSSR count). The zero-order valence-electron chi connectivity index (χ0n) is 9.75. The molecule has 0 aliphatic rings. The van der Waals surface area contributed by atoms with E-state index in [1.54, 1.807) is 17.1 Å². The minimum atomic E-state index is -1.45. The van der Waals surface area contributed by atoms with Crippen LogP contribution in [0.4, 0.5) is 18.9 Å². The molecule has 0 fully saturated rings. The molecule has 1 N–H and O–H groups in total. The van der Waals surface area contributed by atoms with Gasteiger partial charge in [-0.25, -0.2) is 13.2 Å². The third kappa shape index (κ3) is 2.64. The van der Waals surface area contributed by atoms with E-state index in [1.165, 1.54) is 0 Å². The third-order valence-electron chi connectivity index (χ3n) is 2.50. The zero-order chi connectivity index (χ0) is 13.1. The van der Waals surface area contributed by atoms with E-state index >= 15 is 0 Å². The molecular weight excluding hydrogens is 243 g/mol. The summed E-state index contributed by atoms with van der Waals surface area (Å²) in [6.45, 7) is 2.88. The molecule has 0 spiro atoms. The monoisotopic (exact) mass is 255 g/mol. The van der Waals surface area contributed by atoms with E-state index in [0.717, 1.165) is 24.4 Å². The molecule has 96 valence electrons. The molecule has 0 saturated carbocycles. The molecule has 6 heteroatoms. The van der Waals surface area contributed by atoms with Crippen molar-refractivity contribution in [2.75, 3.05) is 5.32 Å². The quantitative estimate of drug-likeness (QED) is 0.851. The van der Waals surface area contributed by atoms with Crippen molar-refractivity contribution in [2.45, 2.75) is 20.0 Å². The number of nitrogens with zero attached hydrogens (tertiary/aromatic N) is 2. The molecule has 0 radical (unpaired) electrons.